The molecule has 0 saturated heterocycles. The van der Waals surface area contributed by atoms with Crippen molar-refractivity contribution in [1.82, 2.24) is 4.98 Å². The Balaban J connectivity index is 2.44. The minimum absolute atomic E-state index is 0.190. The zero-order valence-electron chi connectivity index (χ0n) is 9.82. The van der Waals surface area contributed by atoms with Gasteiger partial charge in [-0.25, -0.2) is 4.98 Å². The second-order valence-electron chi connectivity index (χ2n) is 4.14. The first-order valence-corrected chi connectivity index (χ1v) is 6.38. The van der Waals surface area contributed by atoms with Gasteiger partial charge < -0.3 is 5.11 Å². The second-order valence-corrected chi connectivity index (χ2v) is 4.53. The third-order valence-electron chi connectivity index (χ3n) is 2.85. The summed E-state index contributed by atoms with van der Waals surface area (Å²) in [5.41, 5.74) is 1.09. The summed E-state index contributed by atoms with van der Waals surface area (Å²) in [6, 6.07) is 3.74. The van der Waals surface area contributed by atoms with E-state index in [0.29, 0.717) is 5.15 Å². The summed E-state index contributed by atoms with van der Waals surface area (Å²) < 4.78 is 0. The van der Waals surface area contributed by atoms with Gasteiger partial charge in [-0.2, -0.15) is 0 Å². The van der Waals surface area contributed by atoms with Gasteiger partial charge in [-0.15, -0.1) is 0 Å². The highest BCUT2D eigenvalue weighted by atomic mass is 35.5. The summed E-state index contributed by atoms with van der Waals surface area (Å²) in [5.74, 6) is 0.210. The monoisotopic (exact) mass is 241 g/mol. The van der Waals surface area contributed by atoms with E-state index in [1.165, 1.54) is 25.7 Å². The van der Waals surface area contributed by atoms with E-state index in [9.17, 15) is 5.11 Å². The Morgan fingerprint density at radius 2 is 2.12 bits per heavy atom. The lowest BCUT2D eigenvalue weighted by atomic mass is 9.95. The van der Waals surface area contributed by atoms with Crippen LogP contribution in [-0.4, -0.2) is 16.7 Å². The van der Waals surface area contributed by atoms with E-state index >= 15 is 0 Å². The highest BCUT2D eigenvalue weighted by Crippen LogP contribution is 2.22. The maximum absolute atomic E-state index is 9.34. The van der Waals surface area contributed by atoms with Crippen molar-refractivity contribution >= 4 is 11.6 Å². The number of aromatic nitrogens is 1. The summed E-state index contributed by atoms with van der Waals surface area (Å²) in [7, 11) is 0. The molecule has 0 fully saturated rings. The Bertz CT molecular complexity index is 286. The van der Waals surface area contributed by atoms with Crippen molar-refractivity contribution in [3.05, 3.63) is 29.0 Å². The molecule has 3 heteroatoms. The Hall–Kier alpha value is -0.600. The molecule has 2 nitrogen and oxygen atoms in total. The van der Waals surface area contributed by atoms with Gasteiger partial charge in [0.05, 0.1) is 0 Å². The first-order valence-electron chi connectivity index (χ1n) is 6.00. The summed E-state index contributed by atoms with van der Waals surface area (Å²) in [4.78, 5) is 4.05. The molecule has 1 atom stereocenters. The maximum Gasteiger partial charge on any atom is 0.129 e. The zero-order valence-corrected chi connectivity index (χ0v) is 10.6. The molecule has 1 N–H and O–H groups in total. The van der Waals surface area contributed by atoms with E-state index in [4.69, 9.17) is 11.6 Å². The molecule has 1 rings (SSSR count). The van der Waals surface area contributed by atoms with Crippen molar-refractivity contribution in [2.45, 2.75) is 44.9 Å². The number of halogens is 1. The largest absolute Gasteiger partial charge is 0.396 e. The van der Waals surface area contributed by atoms with Crippen LogP contribution < -0.4 is 0 Å². The van der Waals surface area contributed by atoms with Crippen LogP contribution >= 0.6 is 11.6 Å². The minimum atomic E-state index is 0.190. The number of nitrogens with zero attached hydrogens (tertiary/aromatic N) is 1. The normalized spacial score (nSPS) is 12.7. The van der Waals surface area contributed by atoms with Crippen molar-refractivity contribution in [3.8, 4) is 0 Å². The van der Waals surface area contributed by atoms with Gasteiger partial charge in [0.1, 0.15) is 5.15 Å². The van der Waals surface area contributed by atoms with Gasteiger partial charge in [0.2, 0.25) is 0 Å². The fraction of sp³-hybridized carbons (Fsp3) is 0.615. The lowest BCUT2D eigenvalue weighted by Gasteiger charge is -2.13. The molecule has 0 spiro atoms. The van der Waals surface area contributed by atoms with E-state index in [-0.39, 0.29) is 12.5 Å². The lowest BCUT2D eigenvalue weighted by molar-refractivity contribution is 0.256. The van der Waals surface area contributed by atoms with E-state index in [0.717, 1.165) is 12.0 Å². The zero-order chi connectivity index (χ0) is 11.8. The number of aliphatic hydroxyl groups excluding tert-OH is 1. The SMILES string of the molecule is CCCCCC[C@@H](CO)c1ccc(Cl)nc1. The summed E-state index contributed by atoms with van der Waals surface area (Å²) in [6.45, 7) is 2.39. The lowest BCUT2D eigenvalue weighted by Crippen LogP contribution is -2.04. The molecule has 0 aromatic carbocycles. The van der Waals surface area contributed by atoms with Crippen molar-refractivity contribution in [1.29, 1.82) is 0 Å². The fourth-order valence-corrected chi connectivity index (χ4v) is 1.92. The van der Waals surface area contributed by atoms with Gasteiger partial charge in [0.15, 0.2) is 0 Å². The molecule has 0 radical (unpaired) electrons. The van der Waals surface area contributed by atoms with Gasteiger partial charge in [-0.05, 0) is 18.1 Å². The number of hydrogen-bond donors (Lipinski definition) is 1. The molecular weight excluding hydrogens is 222 g/mol. The first-order chi connectivity index (χ1) is 7.77. The third kappa shape index (κ3) is 4.50. The van der Waals surface area contributed by atoms with Crippen LogP contribution in [0, 0.1) is 0 Å². The topological polar surface area (TPSA) is 33.1 Å². The predicted molar refractivity (Wildman–Crippen MR) is 67.8 cm³/mol. The molecule has 0 bridgehead atoms. The molecule has 0 aliphatic carbocycles. The van der Waals surface area contributed by atoms with E-state index in [1.54, 1.807) is 12.3 Å². The molecule has 0 aliphatic rings. The van der Waals surface area contributed by atoms with Gasteiger partial charge in [-0.3, -0.25) is 0 Å². The Kier molecular flexibility index (Phi) is 6.43. The Morgan fingerprint density at radius 3 is 2.69 bits per heavy atom. The molecule has 0 unspecified atom stereocenters. The van der Waals surface area contributed by atoms with Crippen molar-refractivity contribution in [2.24, 2.45) is 0 Å². The molecule has 1 aromatic rings. The average Bonchev–Trinajstić information content (AvgIpc) is 2.31. The summed E-state index contributed by atoms with van der Waals surface area (Å²) in [5, 5.41) is 9.85. The molecule has 1 heterocycles. The molecule has 0 saturated carbocycles. The molecule has 16 heavy (non-hydrogen) atoms. The second kappa shape index (κ2) is 7.64. The van der Waals surface area contributed by atoms with Crippen LogP contribution in [0.15, 0.2) is 18.3 Å². The molecule has 0 amide bonds. The molecule has 90 valence electrons. The minimum Gasteiger partial charge on any atom is -0.396 e. The third-order valence-corrected chi connectivity index (χ3v) is 3.07. The number of aliphatic hydroxyl groups is 1. The van der Waals surface area contributed by atoms with Gasteiger partial charge in [0.25, 0.3) is 0 Å². The van der Waals surface area contributed by atoms with Crippen LogP contribution in [0.3, 0.4) is 0 Å². The molecule has 0 aliphatic heterocycles. The van der Waals surface area contributed by atoms with Crippen LogP contribution in [0.5, 0.6) is 0 Å². The Labute approximate surface area is 103 Å². The number of pyridine rings is 1. The van der Waals surface area contributed by atoms with Gasteiger partial charge in [-0.1, -0.05) is 50.3 Å². The number of unbranched alkanes of at least 4 members (excludes halogenated alkanes) is 3. The van der Waals surface area contributed by atoms with Gasteiger partial charge >= 0.3 is 0 Å². The summed E-state index contributed by atoms with van der Waals surface area (Å²) >= 11 is 5.73. The van der Waals surface area contributed by atoms with E-state index < -0.39 is 0 Å². The molecule has 1 aromatic heterocycles. The highest BCUT2D eigenvalue weighted by Gasteiger charge is 2.10. The summed E-state index contributed by atoms with van der Waals surface area (Å²) in [6.07, 6.45) is 7.72. The quantitative estimate of drug-likeness (QED) is 0.582. The first kappa shape index (κ1) is 13.5. The Morgan fingerprint density at radius 1 is 1.31 bits per heavy atom. The number of rotatable bonds is 7. The predicted octanol–water partition coefficient (Wildman–Crippen LogP) is 3.78. The average molecular weight is 242 g/mol. The standard InChI is InChI=1S/C13H20ClNO/c1-2-3-4-5-6-12(10-16)11-7-8-13(14)15-9-11/h7-9,12,16H,2-6,10H2,1H3/t12-/m0/s1. The highest BCUT2D eigenvalue weighted by molar-refractivity contribution is 6.29. The van der Waals surface area contributed by atoms with E-state index in [1.807, 2.05) is 6.07 Å². The van der Waals surface area contributed by atoms with Crippen LogP contribution in [0.1, 0.15) is 50.5 Å². The van der Waals surface area contributed by atoms with E-state index in [2.05, 4.69) is 11.9 Å². The van der Waals surface area contributed by atoms with Crippen molar-refractivity contribution in [2.75, 3.05) is 6.61 Å². The molecular formula is C13H20ClNO. The maximum atomic E-state index is 9.34. The van der Waals surface area contributed by atoms with Gasteiger partial charge in [0, 0.05) is 18.7 Å². The van der Waals surface area contributed by atoms with Crippen LogP contribution in [-0.2, 0) is 0 Å². The van der Waals surface area contributed by atoms with Crippen LogP contribution in [0.2, 0.25) is 5.15 Å². The van der Waals surface area contributed by atoms with Crippen LogP contribution in [0.25, 0.3) is 0 Å². The van der Waals surface area contributed by atoms with Crippen molar-refractivity contribution in [3.63, 3.8) is 0 Å². The van der Waals surface area contributed by atoms with Crippen molar-refractivity contribution < 1.29 is 5.11 Å². The van der Waals surface area contributed by atoms with Crippen LogP contribution in [0.4, 0.5) is 0 Å². The fourth-order valence-electron chi connectivity index (χ4n) is 1.81. The smallest absolute Gasteiger partial charge is 0.129 e. The number of hydrogen-bond acceptors (Lipinski definition) is 2.